The third-order valence-electron chi connectivity index (χ3n) is 4.31. The molecular formula is C20H27NO3. The second kappa shape index (κ2) is 8.18. The van der Waals surface area contributed by atoms with Crippen molar-refractivity contribution >= 4 is 0 Å². The minimum atomic E-state index is -0.925. The van der Waals surface area contributed by atoms with Crippen molar-refractivity contribution in [2.24, 2.45) is 0 Å². The van der Waals surface area contributed by atoms with Crippen molar-refractivity contribution < 1.29 is 14.6 Å². The Morgan fingerprint density at radius 3 is 2.29 bits per heavy atom. The summed E-state index contributed by atoms with van der Waals surface area (Å²) >= 11 is 0. The summed E-state index contributed by atoms with van der Waals surface area (Å²) in [6.07, 6.45) is 0.903. The van der Waals surface area contributed by atoms with Crippen LogP contribution in [-0.4, -0.2) is 25.9 Å². The predicted molar refractivity (Wildman–Crippen MR) is 96.6 cm³/mol. The molecule has 2 aromatic carbocycles. The van der Waals surface area contributed by atoms with E-state index in [0.717, 1.165) is 17.5 Å². The van der Waals surface area contributed by atoms with Crippen LogP contribution in [-0.2, 0) is 5.60 Å². The summed E-state index contributed by atoms with van der Waals surface area (Å²) < 4.78 is 10.7. The summed E-state index contributed by atoms with van der Waals surface area (Å²) in [5, 5.41) is 14.2. The van der Waals surface area contributed by atoms with E-state index in [4.69, 9.17) is 9.47 Å². The van der Waals surface area contributed by atoms with Crippen LogP contribution in [0, 0.1) is 0 Å². The van der Waals surface area contributed by atoms with Crippen molar-refractivity contribution in [1.82, 2.24) is 5.32 Å². The highest BCUT2D eigenvalue weighted by Gasteiger charge is 2.24. The Hall–Kier alpha value is -2.04. The summed E-state index contributed by atoms with van der Waals surface area (Å²) in [6.45, 7) is 4.41. The maximum atomic E-state index is 10.8. The monoisotopic (exact) mass is 329 g/mol. The van der Waals surface area contributed by atoms with Gasteiger partial charge < -0.3 is 19.9 Å². The summed E-state index contributed by atoms with van der Waals surface area (Å²) in [5.74, 6) is 1.43. The van der Waals surface area contributed by atoms with Crippen LogP contribution in [0.4, 0.5) is 0 Å². The first-order chi connectivity index (χ1) is 11.5. The number of aliphatic hydroxyl groups is 1. The van der Waals surface area contributed by atoms with E-state index < -0.39 is 5.60 Å². The van der Waals surface area contributed by atoms with Crippen LogP contribution in [0.25, 0.3) is 0 Å². The van der Waals surface area contributed by atoms with Gasteiger partial charge in [-0.1, -0.05) is 43.3 Å². The second-order valence-corrected chi connectivity index (χ2v) is 6.10. The van der Waals surface area contributed by atoms with E-state index in [2.05, 4.69) is 12.2 Å². The first kappa shape index (κ1) is 18.3. The molecule has 0 saturated carbocycles. The van der Waals surface area contributed by atoms with Gasteiger partial charge in [0.2, 0.25) is 0 Å². The Labute approximate surface area is 144 Å². The zero-order valence-electron chi connectivity index (χ0n) is 14.9. The maximum Gasteiger partial charge on any atom is 0.161 e. The molecule has 2 unspecified atom stereocenters. The van der Waals surface area contributed by atoms with Crippen molar-refractivity contribution in [1.29, 1.82) is 0 Å². The SMILES string of the molecule is CCC(NCC(C)(O)c1ccccc1)c1ccc(OC)c(OC)c1. The van der Waals surface area contributed by atoms with Gasteiger partial charge in [-0.25, -0.2) is 0 Å². The molecule has 2 atom stereocenters. The Morgan fingerprint density at radius 2 is 1.71 bits per heavy atom. The predicted octanol–water partition coefficient (Wildman–Crippen LogP) is 3.65. The Kier molecular flexibility index (Phi) is 6.23. The quantitative estimate of drug-likeness (QED) is 0.776. The van der Waals surface area contributed by atoms with Gasteiger partial charge in [-0.15, -0.1) is 0 Å². The van der Waals surface area contributed by atoms with Crippen molar-refractivity contribution in [3.63, 3.8) is 0 Å². The molecule has 2 N–H and O–H groups in total. The van der Waals surface area contributed by atoms with Gasteiger partial charge in [0.05, 0.1) is 19.8 Å². The fraction of sp³-hybridized carbons (Fsp3) is 0.400. The van der Waals surface area contributed by atoms with E-state index >= 15 is 0 Å². The Bertz CT molecular complexity index is 641. The molecule has 24 heavy (non-hydrogen) atoms. The van der Waals surface area contributed by atoms with Crippen LogP contribution in [0.5, 0.6) is 11.5 Å². The molecule has 0 spiro atoms. The van der Waals surface area contributed by atoms with E-state index in [-0.39, 0.29) is 6.04 Å². The number of ether oxygens (including phenoxy) is 2. The molecule has 0 radical (unpaired) electrons. The van der Waals surface area contributed by atoms with Gasteiger partial charge in [-0.2, -0.15) is 0 Å². The highest BCUT2D eigenvalue weighted by molar-refractivity contribution is 5.43. The fourth-order valence-electron chi connectivity index (χ4n) is 2.79. The Balaban J connectivity index is 2.12. The van der Waals surface area contributed by atoms with Gasteiger partial charge in [-0.05, 0) is 36.6 Å². The lowest BCUT2D eigenvalue weighted by molar-refractivity contribution is 0.0536. The van der Waals surface area contributed by atoms with E-state index in [1.807, 2.05) is 55.5 Å². The van der Waals surface area contributed by atoms with Gasteiger partial charge >= 0.3 is 0 Å². The number of rotatable bonds is 8. The van der Waals surface area contributed by atoms with E-state index in [1.54, 1.807) is 14.2 Å². The first-order valence-electron chi connectivity index (χ1n) is 8.25. The molecular weight excluding hydrogens is 302 g/mol. The summed E-state index contributed by atoms with van der Waals surface area (Å²) in [5.41, 5.74) is 1.09. The number of methoxy groups -OCH3 is 2. The highest BCUT2D eigenvalue weighted by atomic mass is 16.5. The van der Waals surface area contributed by atoms with Crippen molar-refractivity contribution in [2.45, 2.75) is 31.9 Å². The van der Waals surface area contributed by atoms with Crippen LogP contribution in [0.2, 0.25) is 0 Å². The lowest BCUT2D eigenvalue weighted by Crippen LogP contribution is -2.37. The van der Waals surface area contributed by atoms with Crippen LogP contribution >= 0.6 is 0 Å². The molecule has 0 heterocycles. The molecule has 4 heteroatoms. The molecule has 0 aliphatic heterocycles. The van der Waals surface area contributed by atoms with Crippen molar-refractivity contribution in [2.75, 3.05) is 20.8 Å². The fourth-order valence-corrected chi connectivity index (χ4v) is 2.79. The van der Waals surface area contributed by atoms with Gasteiger partial charge in [-0.3, -0.25) is 0 Å². The number of hydrogen-bond acceptors (Lipinski definition) is 4. The van der Waals surface area contributed by atoms with Crippen LogP contribution in [0.3, 0.4) is 0 Å². The van der Waals surface area contributed by atoms with Gasteiger partial charge in [0, 0.05) is 12.6 Å². The number of nitrogens with one attached hydrogen (secondary N) is 1. The topological polar surface area (TPSA) is 50.7 Å². The minimum absolute atomic E-state index is 0.125. The van der Waals surface area contributed by atoms with Crippen LogP contribution < -0.4 is 14.8 Å². The molecule has 2 aromatic rings. The van der Waals surface area contributed by atoms with Crippen molar-refractivity contribution in [3.8, 4) is 11.5 Å². The molecule has 2 rings (SSSR count). The molecule has 130 valence electrons. The minimum Gasteiger partial charge on any atom is -0.493 e. The average molecular weight is 329 g/mol. The zero-order chi connectivity index (χ0) is 17.6. The van der Waals surface area contributed by atoms with Gasteiger partial charge in [0.25, 0.3) is 0 Å². The molecule has 0 fully saturated rings. The molecule has 0 bridgehead atoms. The average Bonchev–Trinajstić information content (AvgIpc) is 2.62. The standard InChI is InChI=1S/C20H27NO3/c1-5-17(15-11-12-18(23-3)19(13-15)24-4)21-14-20(2,22)16-9-7-6-8-10-16/h6-13,17,21-22H,5,14H2,1-4H3. The lowest BCUT2D eigenvalue weighted by atomic mass is 9.95. The van der Waals surface area contributed by atoms with E-state index in [0.29, 0.717) is 18.0 Å². The summed E-state index contributed by atoms with van der Waals surface area (Å²) in [6, 6.07) is 15.8. The number of benzene rings is 2. The van der Waals surface area contributed by atoms with Gasteiger partial charge in [0.15, 0.2) is 11.5 Å². The second-order valence-electron chi connectivity index (χ2n) is 6.10. The molecule has 0 aliphatic carbocycles. The third kappa shape index (κ3) is 4.28. The van der Waals surface area contributed by atoms with Gasteiger partial charge in [0.1, 0.15) is 0 Å². The molecule has 0 amide bonds. The molecule has 0 saturated heterocycles. The largest absolute Gasteiger partial charge is 0.493 e. The van der Waals surface area contributed by atoms with Crippen LogP contribution in [0.15, 0.2) is 48.5 Å². The zero-order valence-corrected chi connectivity index (χ0v) is 14.9. The summed E-state index contributed by atoms with van der Waals surface area (Å²) in [4.78, 5) is 0. The summed E-state index contributed by atoms with van der Waals surface area (Å²) in [7, 11) is 3.26. The third-order valence-corrected chi connectivity index (χ3v) is 4.31. The Morgan fingerprint density at radius 1 is 1.04 bits per heavy atom. The molecule has 0 aliphatic rings. The van der Waals surface area contributed by atoms with E-state index in [1.165, 1.54) is 0 Å². The number of hydrogen-bond donors (Lipinski definition) is 2. The maximum absolute atomic E-state index is 10.8. The highest BCUT2D eigenvalue weighted by Crippen LogP contribution is 2.31. The van der Waals surface area contributed by atoms with E-state index in [9.17, 15) is 5.11 Å². The first-order valence-corrected chi connectivity index (χ1v) is 8.25. The smallest absolute Gasteiger partial charge is 0.161 e. The van der Waals surface area contributed by atoms with Crippen molar-refractivity contribution in [3.05, 3.63) is 59.7 Å². The molecule has 4 nitrogen and oxygen atoms in total. The molecule has 0 aromatic heterocycles. The normalized spacial score (nSPS) is 14.7. The lowest BCUT2D eigenvalue weighted by Gasteiger charge is -2.28. The van der Waals surface area contributed by atoms with Crippen LogP contribution in [0.1, 0.15) is 37.4 Å².